The molecule has 21 heavy (non-hydrogen) atoms. The molecule has 2 heterocycles. The van der Waals surface area contributed by atoms with Crippen LogP contribution in [0.2, 0.25) is 0 Å². The van der Waals surface area contributed by atoms with E-state index in [1.807, 2.05) is 23.0 Å². The Morgan fingerprint density at radius 1 is 1.19 bits per heavy atom. The van der Waals surface area contributed by atoms with E-state index < -0.39 is 0 Å². The van der Waals surface area contributed by atoms with Gasteiger partial charge in [-0.05, 0) is 19.4 Å². The van der Waals surface area contributed by atoms with E-state index in [-0.39, 0.29) is 5.41 Å². The first kappa shape index (κ1) is 15.5. The third-order valence-electron chi connectivity index (χ3n) is 3.23. The fourth-order valence-electron chi connectivity index (χ4n) is 2.13. The first-order valence-corrected chi connectivity index (χ1v) is 7.61. The number of nitrogens with zero attached hydrogens (tertiary/aromatic N) is 4. The Balaban J connectivity index is 2.51. The Labute approximate surface area is 126 Å². The van der Waals surface area contributed by atoms with Crippen LogP contribution in [0.3, 0.4) is 0 Å². The van der Waals surface area contributed by atoms with Crippen LogP contribution in [-0.2, 0) is 12.0 Å². The molecule has 5 heteroatoms. The van der Waals surface area contributed by atoms with Gasteiger partial charge in [0.2, 0.25) is 0 Å². The number of nitrogens with one attached hydrogen (secondary N) is 1. The van der Waals surface area contributed by atoms with Crippen molar-refractivity contribution < 1.29 is 0 Å². The van der Waals surface area contributed by atoms with Crippen molar-refractivity contribution in [2.45, 2.75) is 53.0 Å². The summed E-state index contributed by atoms with van der Waals surface area (Å²) in [5.41, 5.74) is 1.99. The molecule has 0 fully saturated rings. The minimum absolute atomic E-state index is 0.0164. The van der Waals surface area contributed by atoms with Crippen molar-refractivity contribution in [3.8, 4) is 11.5 Å². The number of aromatic nitrogens is 4. The summed E-state index contributed by atoms with van der Waals surface area (Å²) in [4.78, 5) is 9.40. The van der Waals surface area contributed by atoms with E-state index >= 15 is 0 Å². The zero-order chi connectivity index (χ0) is 15.5. The normalized spacial score (nSPS) is 11.7. The smallest absolute Gasteiger partial charge is 0.180 e. The second-order valence-electron chi connectivity index (χ2n) is 6.18. The number of hydrogen-bond acceptors (Lipinski definition) is 4. The minimum atomic E-state index is -0.0164. The Kier molecular flexibility index (Phi) is 4.60. The van der Waals surface area contributed by atoms with Crippen LogP contribution >= 0.6 is 0 Å². The van der Waals surface area contributed by atoms with Crippen molar-refractivity contribution in [1.29, 1.82) is 0 Å². The number of hydrogen-bond donors (Lipinski definition) is 1. The van der Waals surface area contributed by atoms with Crippen molar-refractivity contribution in [2.24, 2.45) is 0 Å². The van der Waals surface area contributed by atoms with Crippen LogP contribution < -0.4 is 5.32 Å². The summed E-state index contributed by atoms with van der Waals surface area (Å²) in [7, 11) is 0. The van der Waals surface area contributed by atoms with Gasteiger partial charge in [0, 0.05) is 30.8 Å². The molecule has 0 unspecified atom stereocenters. The van der Waals surface area contributed by atoms with Gasteiger partial charge in [-0.15, -0.1) is 0 Å². The zero-order valence-electron chi connectivity index (χ0n) is 13.6. The van der Waals surface area contributed by atoms with Gasteiger partial charge >= 0.3 is 0 Å². The molecule has 0 aliphatic rings. The maximum Gasteiger partial charge on any atom is 0.180 e. The monoisotopic (exact) mass is 287 g/mol. The third kappa shape index (κ3) is 3.60. The van der Waals surface area contributed by atoms with Crippen molar-refractivity contribution in [3.63, 3.8) is 0 Å². The lowest BCUT2D eigenvalue weighted by Gasteiger charge is -2.19. The molecule has 2 rings (SSSR count). The first-order valence-electron chi connectivity index (χ1n) is 7.61. The van der Waals surface area contributed by atoms with Gasteiger partial charge in [-0.3, -0.25) is 4.68 Å². The average molecular weight is 287 g/mol. The molecule has 114 valence electrons. The number of rotatable bonds is 5. The molecule has 0 amide bonds. The van der Waals surface area contributed by atoms with Gasteiger partial charge in [0.1, 0.15) is 11.5 Å². The van der Waals surface area contributed by atoms with E-state index in [1.165, 1.54) is 0 Å². The first-order chi connectivity index (χ1) is 9.95. The quantitative estimate of drug-likeness (QED) is 0.914. The Morgan fingerprint density at radius 3 is 2.57 bits per heavy atom. The van der Waals surface area contributed by atoms with Crippen molar-refractivity contribution in [3.05, 3.63) is 24.0 Å². The van der Waals surface area contributed by atoms with Gasteiger partial charge < -0.3 is 5.32 Å². The topological polar surface area (TPSA) is 55.6 Å². The molecule has 0 saturated heterocycles. The molecule has 0 aliphatic carbocycles. The molecule has 0 bridgehead atoms. The highest BCUT2D eigenvalue weighted by Crippen LogP contribution is 2.25. The van der Waals surface area contributed by atoms with Crippen LogP contribution in [0.15, 0.2) is 18.3 Å². The Bertz CT molecular complexity index is 595. The highest BCUT2D eigenvalue weighted by molar-refractivity contribution is 5.54. The predicted octanol–water partition coefficient (Wildman–Crippen LogP) is 3.48. The van der Waals surface area contributed by atoms with E-state index in [4.69, 9.17) is 4.98 Å². The van der Waals surface area contributed by atoms with Gasteiger partial charge in [0.15, 0.2) is 5.82 Å². The van der Waals surface area contributed by atoms with Crippen LogP contribution in [-0.4, -0.2) is 26.3 Å². The van der Waals surface area contributed by atoms with E-state index in [9.17, 15) is 0 Å². The highest BCUT2D eigenvalue weighted by atomic mass is 15.3. The lowest BCUT2D eigenvalue weighted by Crippen LogP contribution is -2.16. The average Bonchev–Trinajstić information content (AvgIpc) is 2.86. The Hall–Kier alpha value is -1.91. The molecule has 0 atom stereocenters. The SMILES string of the molecule is CCCn1nccc1-c1nc(NCC)cc(C(C)(C)C)n1. The molecule has 0 saturated carbocycles. The molecule has 2 aromatic heterocycles. The van der Waals surface area contributed by atoms with Gasteiger partial charge in [-0.1, -0.05) is 27.7 Å². The van der Waals surface area contributed by atoms with E-state index in [1.54, 1.807) is 0 Å². The van der Waals surface area contributed by atoms with Crippen molar-refractivity contribution >= 4 is 5.82 Å². The van der Waals surface area contributed by atoms with Gasteiger partial charge in [0.05, 0.1) is 5.69 Å². The molecule has 2 aromatic rings. The predicted molar refractivity (Wildman–Crippen MR) is 86.4 cm³/mol. The summed E-state index contributed by atoms with van der Waals surface area (Å²) in [6.45, 7) is 12.4. The molecule has 0 aliphatic heterocycles. The van der Waals surface area contributed by atoms with Crippen molar-refractivity contribution in [1.82, 2.24) is 19.7 Å². The van der Waals surface area contributed by atoms with Crippen molar-refractivity contribution in [2.75, 3.05) is 11.9 Å². The molecular formula is C16H25N5. The van der Waals surface area contributed by atoms with Gasteiger partial charge in [-0.25, -0.2) is 9.97 Å². The molecule has 0 spiro atoms. The fraction of sp³-hybridized carbons (Fsp3) is 0.562. The molecular weight excluding hydrogens is 262 g/mol. The molecule has 0 radical (unpaired) electrons. The van der Waals surface area contributed by atoms with Crippen LogP contribution in [0, 0.1) is 0 Å². The minimum Gasteiger partial charge on any atom is -0.370 e. The number of anilines is 1. The van der Waals surface area contributed by atoms with E-state index in [2.05, 4.69) is 50.0 Å². The molecule has 5 nitrogen and oxygen atoms in total. The second kappa shape index (κ2) is 6.24. The van der Waals surface area contributed by atoms with Crippen LogP contribution in [0.25, 0.3) is 11.5 Å². The van der Waals surface area contributed by atoms with Gasteiger partial charge in [-0.2, -0.15) is 5.10 Å². The lowest BCUT2D eigenvalue weighted by atomic mass is 9.92. The fourth-order valence-corrected chi connectivity index (χ4v) is 2.13. The van der Waals surface area contributed by atoms with Gasteiger partial charge in [0.25, 0.3) is 0 Å². The summed E-state index contributed by atoms with van der Waals surface area (Å²) in [5, 5.41) is 7.66. The second-order valence-corrected chi connectivity index (χ2v) is 6.18. The lowest BCUT2D eigenvalue weighted by molar-refractivity contribution is 0.566. The van der Waals surface area contributed by atoms with Crippen LogP contribution in [0.1, 0.15) is 46.7 Å². The van der Waals surface area contributed by atoms with Crippen LogP contribution in [0.5, 0.6) is 0 Å². The molecule has 0 aromatic carbocycles. The zero-order valence-corrected chi connectivity index (χ0v) is 13.6. The maximum atomic E-state index is 4.76. The summed E-state index contributed by atoms with van der Waals surface area (Å²) in [6.07, 6.45) is 2.85. The standard InChI is InChI=1S/C16H25N5/c1-6-10-21-12(8-9-18-21)15-19-13(16(3,4)5)11-14(20-15)17-7-2/h8-9,11H,6-7,10H2,1-5H3,(H,17,19,20). The highest BCUT2D eigenvalue weighted by Gasteiger charge is 2.19. The summed E-state index contributed by atoms with van der Waals surface area (Å²) in [6, 6.07) is 4.01. The Morgan fingerprint density at radius 2 is 1.95 bits per heavy atom. The molecule has 1 N–H and O–H groups in total. The summed E-state index contributed by atoms with van der Waals surface area (Å²) < 4.78 is 1.97. The largest absolute Gasteiger partial charge is 0.370 e. The third-order valence-corrected chi connectivity index (χ3v) is 3.23. The summed E-state index contributed by atoms with van der Waals surface area (Å²) in [5.74, 6) is 1.61. The van der Waals surface area contributed by atoms with Crippen LogP contribution in [0.4, 0.5) is 5.82 Å². The van der Waals surface area contributed by atoms with E-state index in [0.29, 0.717) is 0 Å². The maximum absolute atomic E-state index is 4.76. The van der Waals surface area contributed by atoms with E-state index in [0.717, 1.165) is 42.5 Å². The number of aryl methyl sites for hydroxylation is 1. The summed E-state index contributed by atoms with van der Waals surface area (Å²) >= 11 is 0.